The van der Waals surface area contributed by atoms with Crippen molar-refractivity contribution < 1.29 is 14.3 Å². The van der Waals surface area contributed by atoms with Gasteiger partial charge in [-0.1, -0.05) is 66.2 Å². The molecule has 2 atom stereocenters. The predicted molar refractivity (Wildman–Crippen MR) is 86.6 cm³/mol. The van der Waals surface area contributed by atoms with Gasteiger partial charge >= 0.3 is 7.32 Å². The van der Waals surface area contributed by atoms with Gasteiger partial charge in [0.15, 0.2) is 0 Å². The Hall–Kier alpha value is -0.0551. The maximum Gasteiger partial charge on any atom is 0.637 e. The van der Waals surface area contributed by atoms with E-state index in [1.165, 1.54) is 0 Å². The summed E-state index contributed by atoms with van der Waals surface area (Å²) in [5.41, 5.74) is 0. The van der Waals surface area contributed by atoms with Crippen LogP contribution in [-0.4, -0.2) is 24.6 Å². The molecule has 0 spiro atoms. The molecule has 0 radical (unpaired) electrons. The minimum atomic E-state index is -1.06. The zero-order chi connectivity index (χ0) is 15.2. The van der Waals surface area contributed by atoms with Crippen molar-refractivity contribution in [3.8, 4) is 0 Å². The van der Waals surface area contributed by atoms with Crippen LogP contribution < -0.4 is 0 Å². The van der Waals surface area contributed by atoms with Crippen LogP contribution in [-0.2, 0) is 9.31 Å². The van der Waals surface area contributed by atoms with Crippen LogP contribution in [0.15, 0.2) is 0 Å². The summed E-state index contributed by atoms with van der Waals surface area (Å²) in [6, 6.07) is 0. The van der Waals surface area contributed by atoms with E-state index in [-0.39, 0.29) is 12.2 Å². The molecule has 0 amide bonds. The third-order valence-electron chi connectivity index (χ3n) is 3.60. The molecule has 0 rings (SSSR count). The van der Waals surface area contributed by atoms with Crippen molar-refractivity contribution in [2.45, 2.75) is 104 Å². The fourth-order valence-corrected chi connectivity index (χ4v) is 2.43. The van der Waals surface area contributed by atoms with Crippen molar-refractivity contribution in [3.63, 3.8) is 0 Å². The van der Waals surface area contributed by atoms with Gasteiger partial charge in [-0.3, -0.25) is 0 Å². The molecular weight excluding hydrogens is 251 g/mol. The smallest absolute Gasteiger partial charge is 0.402 e. The number of hydrogen-bond acceptors (Lipinski definition) is 3. The largest absolute Gasteiger partial charge is 0.637 e. The predicted octanol–water partition coefficient (Wildman–Crippen LogP) is 4.71. The van der Waals surface area contributed by atoms with Crippen molar-refractivity contribution in [2.24, 2.45) is 0 Å². The third-order valence-corrected chi connectivity index (χ3v) is 3.60. The van der Waals surface area contributed by atoms with Crippen LogP contribution in [0.2, 0.25) is 0 Å². The van der Waals surface area contributed by atoms with Gasteiger partial charge in [0.2, 0.25) is 0 Å². The lowest BCUT2D eigenvalue weighted by Gasteiger charge is -2.23. The first-order valence-electron chi connectivity index (χ1n) is 8.66. The van der Waals surface area contributed by atoms with Crippen LogP contribution >= 0.6 is 0 Å². The summed E-state index contributed by atoms with van der Waals surface area (Å²) >= 11 is 0. The van der Waals surface area contributed by atoms with Gasteiger partial charge in [0.25, 0.3) is 0 Å². The van der Waals surface area contributed by atoms with Gasteiger partial charge in [0.1, 0.15) is 0 Å². The van der Waals surface area contributed by atoms with Gasteiger partial charge in [-0.15, -0.1) is 0 Å². The molecule has 0 aliphatic heterocycles. The molecule has 0 saturated heterocycles. The molecule has 0 aliphatic rings. The zero-order valence-corrected chi connectivity index (χ0v) is 14.1. The molecule has 0 heterocycles. The van der Waals surface area contributed by atoms with Crippen LogP contribution in [0.5, 0.6) is 0 Å². The highest BCUT2D eigenvalue weighted by molar-refractivity contribution is 6.34. The molecule has 0 fully saturated rings. The summed E-state index contributed by atoms with van der Waals surface area (Å²) in [4.78, 5) is 0. The molecule has 0 aliphatic carbocycles. The zero-order valence-electron chi connectivity index (χ0n) is 14.1. The maximum atomic E-state index is 10.00. The van der Waals surface area contributed by atoms with E-state index in [2.05, 4.69) is 27.7 Å². The SMILES string of the molecule is CCCCC(CCC)OB(O)OC(CCC)CCCC. The standard InChI is InChI=1S/C16H35BO3/c1-5-9-13-15(11-7-3)19-17(18)20-16(12-8-4)14-10-6-2/h15-16,18H,5-14H2,1-4H3. The van der Waals surface area contributed by atoms with E-state index in [0.29, 0.717) is 0 Å². The molecule has 2 unspecified atom stereocenters. The lowest BCUT2D eigenvalue weighted by atomic mass is 10.0. The van der Waals surface area contributed by atoms with Crippen molar-refractivity contribution in [3.05, 3.63) is 0 Å². The Balaban J connectivity index is 4.12. The number of rotatable bonds is 14. The van der Waals surface area contributed by atoms with Crippen LogP contribution in [0.4, 0.5) is 0 Å². The molecule has 0 aromatic carbocycles. The second kappa shape index (κ2) is 13.9. The van der Waals surface area contributed by atoms with Gasteiger partial charge in [-0.25, -0.2) is 0 Å². The van der Waals surface area contributed by atoms with Crippen molar-refractivity contribution in [1.29, 1.82) is 0 Å². The summed E-state index contributed by atoms with van der Waals surface area (Å²) in [5.74, 6) is 0. The van der Waals surface area contributed by atoms with Crippen LogP contribution in [0, 0.1) is 0 Å². The average molecular weight is 286 g/mol. The third kappa shape index (κ3) is 10.7. The van der Waals surface area contributed by atoms with Crippen LogP contribution in [0.25, 0.3) is 0 Å². The van der Waals surface area contributed by atoms with Gasteiger partial charge < -0.3 is 14.3 Å². The Bertz CT molecular complexity index is 182. The molecule has 20 heavy (non-hydrogen) atoms. The summed E-state index contributed by atoms with van der Waals surface area (Å²) in [5, 5.41) is 10.00. The topological polar surface area (TPSA) is 38.7 Å². The fourth-order valence-electron chi connectivity index (χ4n) is 2.43. The minimum absolute atomic E-state index is 0.128. The Kier molecular flexibility index (Phi) is 13.9. The Morgan fingerprint density at radius 1 is 0.700 bits per heavy atom. The van der Waals surface area contributed by atoms with Gasteiger partial charge in [0.05, 0.1) is 0 Å². The molecule has 0 aromatic rings. The van der Waals surface area contributed by atoms with Crippen molar-refractivity contribution in [2.75, 3.05) is 0 Å². The van der Waals surface area contributed by atoms with E-state index < -0.39 is 7.32 Å². The highest BCUT2D eigenvalue weighted by atomic mass is 16.7. The monoisotopic (exact) mass is 286 g/mol. The van der Waals surface area contributed by atoms with Crippen LogP contribution in [0.1, 0.15) is 91.9 Å². The molecule has 3 nitrogen and oxygen atoms in total. The summed E-state index contributed by atoms with van der Waals surface area (Å²) in [6.07, 6.45) is 11.0. The van der Waals surface area contributed by atoms with E-state index in [0.717, 1.165) is 64.2 Å². The second-order valence-corrected chi connectivity index (χ2v) is 5.69. The van der Waals surface area contributed by atoms with E-state index in [1.807, 2.05) is 0 Å². The number of hydrogen-bond donors (Lipinski definition) is 1. The lowest BCUT2D eigenvalue weighted by molar-refractivity contribution is 0.0400. The van der Waals surface area contributed by atoms with E-state index >= 15 is 0 Å². The van der Waals surface area contributed by atoms with E-state index in [4.69, 9.17) is 9.31 Å². The summed E-state index contributed by atoms with van der Waals surface area (Å²) < 4.78 is 11.4. The van der Waals surface area contributed by atoms with Crippen molar-refractivity contribution in [1.82, 2.24) is 0 Å². The molecule has 0 aromatic heterocycles. The maximum absolute atomic E-state index is 10.00. The minimum Gasteiger partial charge on any atom is -0.402 e. The fraction of sp³-hybridized carbons (Fsp3) is 1.00. The normalized spacial score (nSPS) is 14.2. The van der Waals surface area contributed by atoms with Gasteiger partial charge in [-0.2, -0.15) is 0 Å². The molecule has 0 saturated carbocycles. The highest BCUT2D eigenvalue weighted by Crippen LogP contribution is 2.16. The molecule has 0 bridgehead atoms. The first-order valence-corrected chi connectivity index (χ1v) is 8.66. The first-order chi connectivity index (χ1) is 9.67. The Morgan fingerprint density at radius 3 is 1.40 bits per heavy atom. The highest BCUT2D eigenvalue weighted by Gasteiger charge is 2.25. The van der Waals surface area contributed by atoms with E-state index in [9.17, 15) is 5.02 Å². The van der Waals surface area contributed by atoms with Gasteiger partial charge in [-0.05, 0) is 25.7 Å². The summed E-state index contributed by atoms with van der Waals surface area (Å²) in [6.45, 7) is 8.66. The van der Waals surface area contributed by atoms with Crippen LogP contribution in [0.3, 0.4) is 0 Å². The Morgan fingerprint density at radius 2 is 1.10 bits per heavy atom. The lowest BCUT2D eigenvalue weighted by Crippen LogP contribution is -2.33. The molecular formula is C16H35BO3. The first kappa shape index (κ1) is 19.9. The van der Waals surface area contributed by atoms with E-state index in [1.54, 1.807) is 0 Å². The van der Waals surface area contributed by atoms with Gasteiger partial charge in [0, 0.05) is 12.2 Å². The number of unbranched alkanes of at least 4 members (excludes halogenated alkanes) is 2. The quantitative estimate of drug-likeness (QED) is 0.470. The van der Waals surface area contributed by atoms with Crippen molar-refractivity contribution >= 4 is 7.32 Å². The molecule has 4 heteroatoms. The molecule has 120 valence electrons. The average Bonchev–Trinajstić information content (AvgIpc) is 2.42. The Labute approximate surface area is 126 Å². The summed E-state index contributed by atoms with van der Waals surface area (Å²) in [7, 11) is -1.06. The molecule has 1 N–H and O–H groups in total. The second-order valence-electron chi connectivity index (χ2n) is 5.69.